The third-order valence-corrected chi connectivity index (χ3v) is 2.22. The number of anilines is 1. The quantitative estimate of drug-likeness (QED) is 0.727. The molecule has 0 aliphatic heterocycles. The van der Waals surface area contributed by atoms with Crippen molar-refractivity contribution in [2.75, 3.05) is 25.0 Å². The highest BCUT2D eigenvalue weighted by Gasteiger charge is 2.00. The van der Waals surface area contributed by atoms with Crippen LogP contribution in [0.25, 0.3) is 0 Å². The molecule has 1 amide bonds. The third-order valence-electron chi connectivity index (χ3n) is 2.22. The van der Waals surface area contributed by atoms with Crippen molar-refractivity contribution in [3.05, 3.63) is 36.4 Å². The van der Waals surface area contributed by atoms with E-state index in [4.69, 9.17) is 4.74 Å². The first-order valence-corrected chi connectivity index (χ1v) is 5.99. The first-order chi connectivity index (χ1) is 8.61. The van der Waals surface area contributed by atoms with Crippen LogP contribution in [0.3, 0.4) is 0 Å². The van der Waals surface area contributed by atoms with E-state index in [0.29, 0.717) is 6.61 Å². The van der Waals surface area contributed by atoms with Gasteiger partial charge in [0.2, 0.25) is 5.91 Å². The van der Waals surface area contributed by atoms with Gasteiger partial charge in [-0.15, -0.1) is 0 Å². The van der Waals surface area contributed by atoms with Gasteiger partial charge in [0.1, 0.15) is 12.4 Å². The summed E-state index contributed by atoms with van der Waals surface area (Å²) in [6, 6.07) is 7.31. The second kappa shape index (κ2) is 7.50. The van der Waals surface area contributed by atoms with Crippen LogP contribution >= 0.6 is 0 Å². The van der Waals surface area contributed by atoms with Crippen LogP contribution in [0.4, 0.5) is 5.69 Å². The largest absolute Gasteiger partial charge is 0.489 e. The van der Waals surface area contributed by atoms with Crippen LogP contribution in [0.5, 0.6) is 5.75 Å². The summed E-state index contributed by atoms with van der Waals surface area (Å²) in [5.41, 5.74) is 1.72. The highest BCUT2D eigenvalue weighted by molar-refractivity contribution is 5.88. The van der Waals surface area contributed by atoms with E-state index in [1.165, 1.54) is 6.92 Å². The zero-order chi connectivity index (χ0) is 13.4. The molecule has 2 N–H and O–H groups in total. The molecule has 18 heavy (non-hydrogen) atoms. The lowest BCUT2D eigenvalue weighted by Gasteiger charge is -2.10. The lowest BCUT2D eigenvalue weighted by Crippen LogP contribution is -2.18. The second-order valence-corrected chi connectivity index (χ2v) is 4.03. The van der Waals surface area contributed by atoms with Gasteiger partial charge in [0.05, 0.1) is 0 Å². The minimum absolute atomic E-state index is 0.0938. The van der Waals surface area contributed by atoms with Crippen molar-refractivity contribution in [1.29, 1.82) is 0 Å². The van der Waals surface area contributed by atoms with Crippen molar-refractivity contribution in [2.45, 2.75) is 13.8 Å². The van der Waals surface area contributed by atoms with E-state index in [-0.39, 0.29) is 5.91 Å². The van der Waals surface area contributed by atoms with Gasteiger partial charge in [0.25, 0.3) is 0 Å². The van der Waals surface area contributed by atoms with Crippen molar-refractivity contribution in [3.8, 4) is 5.75 Å². The molecule has 0 unspecified atom stereocenters. The van der Waals surface area contributed by atoms with E-state index in [1.54, 1.807) is 6.07 Å². The normalized spacial score (nSPS) is 9.89. The Morgan fingerprint density at radius 2 is 2.22 bits per heavy atom. The zero-order valence-corrected chi connectivity index (χ0v) is 11.0. The van der Waals surface area contributed by atoms with E-state index in [0.717, 1.165) is 30.1 Å². The number of nitrogens with one attached hydrogen (secondary N) is 2. The highest BCUT2D eigenvalue weighted by atomic mass is 16.5. The van der Waals surface area contributed by atoms with Crippen LogP contribution < -0.4 is 15.4 Å². The first kappa shape index (κ1) is 14.3. The van der Waals surface area contributed by atoms with Crippen LogP contribution in [0.1, 0.15) is 13.8 Å². The highest BCUT2D eigenvalue weighted by Crippen LogP contribution is 2.17. The minimum Gasteiger partial charge on any atom is -0.489 e. The van der Waals surface area contributed by atoms with Gasteiger partial charge >= 0.3 is 0 Å². The Kier molecular flexibility index (Phi) is 5.94. The molecular formula is C14H20N2O2. The SMILES string of the molecule is C=C(CNCC)COc1cccc(NC(C)=O)c1. The van der Waals surface area contributed by atoms with Crippen LogP contribution in [-0.4, -0.2) is 25.6 Å². The molecule has 1 rings (SSSR count). The summed E-state index contributed by atoms with van der Waals surface area (Å²) in [4.78, 5) is 10.9. The summed E-state index contributed by atoms with van der Waals surface area (Å²) in [7, 11) is 0. The summed E-state index contributed by atoms with van der Waals surface area (Å²) in [6.07, 6.45) is 0. The van der Waals surface area contributed by atoms with Crippen molar-refractivity contribution >= 4 is 11.6 Å². The molecule has 0 saturated carbocycles. The molecule has 98 valence electrons. The van der Waals surface area contributed by atoms with Crippen molar-refractivity contribution < 1.29 is 9.53 Å². The van der Waals surface area contributed by atoms with Crippen molar-refractivity contribution in [1.82, 2.24) is 5.32 Å². The Morgan fingerprint density at radius 1 is 1.44 bits per heavy atom. The maximum absolute atomic E-state index is 10.9. The topological polar surface area (TPSA) is 50.4 Å². The van der Waals surface area contributed by atoms with Crippen LogP contribution in [-0.2, 0) is 4.79 Å². The second-order valence-electron chi connectivity index (χ2n) is 4.03. The fourth-order valence-electron chi connectivity index (χ4n) is 1.41. The lowest BCUT2D eigenvalue weighted by molar-refractivity contribution is -0.114. The molecule has 0 atom stereocenters. The maximum Gasteiger partial charge on any atom is 0.221 e. The Labute approximate surface area is 108 Å². The van der Waals surface area contributed by atoms with Gasteiger partial charge in [0, 0.05) is 25.2 Å². The van der Waals surface area contributed by atoms with Gasteiger partial charge in [-0.3, -0.25) is 4.79 Å². The minimum atomic E-state index is -0.0938. The number of amides is 1. The van der Waals surface area contributed by atoms with Gasteiger partial charge in [-0.25, -0.2) is 0 Å². The maximum atomic E-state index is 10.9. The van der Waals surface area contributed by atoms with E-state index < -0.39 is 0 Å². The summed E-state index contributed by atoms with van der Waals surface area (Å²) >= 11 is 0. The van der Waals surface area contributed by atoms with Gasteiger partial charge in [-0.2, -0.15) is 0 Å². The third kappa shape index (κ3) is 5.50. The standard InChI is InChI=1S/C14H20N2O2/c1-4-15-9-11(2)10-18-14-7-5-6-13(8-14)16-12(3)17/h5-8,15H,2,4,9-10H2,1,3H3,(H,16,17). The van der Waals surface area contributed by atoms with E-state index in [9.17, 15) is 4.79 Å². The summed E-state index contributed by atoms with van der Waals surface area (Å²) in [5.74, 6) is 0.627. The fourth-order valence-corrected chi connectivity index (χ4v) is 1.41. The molecule has 0 heterocycles. The molecule has 0 aromatic heterocycles. The van der Waals surface area contributed by atoms with E-state index >= 15 is 0 Å². The number of carbonyl (C=O) groups excluding carboxylic acids is 1. The van der Waals surface area contributed by atoms with Gasteiger partial charge < -0.3 is 15.4 Å². The first-order valence-electron chi connectivity index (χ1n) is 5.99. The van der Waals surface area contributed by atoms with Crippen molar-refractivity contribution in [3.63, 3.8) is 0 Å². The van der Waals surface area contributed by atoms with Crippen LogP contribution in [0.15, 0.2) is 36.4 Å². The smallest absolute Gasteiger partial charge is 0.221 e. The van der Waals surface area contributed by atoms with Crippen LogP contribution in [0, 0.1) is 0 Å². The average molecular weight is 248 g/mol. The fraction of sp³-hybridized carbons (Fsp3) is 0.357. The van der Waals surface area contributed by atoms with E-state index in [2.05, 4.69) is 17.2 Å². The Morgan fingerprint density at radius 3 is 2.89 bits per heavy atom. The Bertz CT molecular complexity index is 416. The predicted octanol–water partition coefficient (Wildman–Crippen LogP) is 2.19. The molecule has 0 radical (unpaired) electrons. The number of hydrogen-bond donors (Lipinski definition) is 2. The number of ether oxygens (including phenoxy) is 1. The van der Waals surface area contributed by atoms with Gasteiger partial charge in [-0.05, 0) is 24.3 Å². The van der Waals surface area contributed by atoms with Gasteiger partial charge in [0.15, 0.2) is 0 Å². The molecule has 4 nitrogen and oxygen atoms in total. The molecule has 0 fully saturated rings. The number of hydrogen-bond acceptors (Lipinski definition) is 3. The Balaban J connectivity index is 2.47. The van der Waals surface area contributed by atoms with Crippen LogP contribution in [0.2, 0.25) is 0 Å². The lowest BCUT2D eigenvalue weighted by atomic mass is 10.3. The molecule has 1 aromatic carbocycles. The van der Waals surface area contributed by atoms with Crippen molar-refractivity contribution in [2.24, 2.45) is 0 Å². The number of likely N-dealkylation sites (N-methyl/N-ethyl adjacent to an activating group) is 1. The number of benzene rings is 1. The summed E-state index contributed by atoms with van der Waals surface area (Å²) < 4.78 is 5.60. The molecule has 1 aromatic rings. The van der Waals surface area contributed by atoms with E-state index in [1.807, 2.05) is 25.1 Å². The molecule has 0 spiro atoms. The van der Waals surface area contributed by atoms with Gasteiger partial charge in [-0.1, -0.05) is 19.6 Å². The summed E-state index contributed by atoms with van der Waals surface area (Å²) in [6.45, 7) is 9.58. The zero-order valence-electron chi connectivity index (χ0n) is 11.0. The Hall–Kier alpha value is -1.81. The average Bonchev–Trinajstić information content (AvgIpc) is 2.33. The molecule has 4 heteroatoms. The number of rotatable bonds is 7. The molecule has 0 saturated heterocycles. The molecule has 0 aliphatic rings. The molecular weight excluding hydrogens is 228 g/mol. The summed E-state index contributed by atoms with van der Waals surface area (Å²) in [5, 5.41) is 5.90. The molecule has 0 bridgehead atoms. The monoisotopic (exact) mass is 248 g/mol. The number of carbonyl (C=O) groups is 1. The predicted molar refractivity (Wildman–Crippen MR) is 73.9 cm³/mol. The molecule has 0 aliphatic carbocycles.